The van der Waals surface area contributed by atoms with Crippen LogP contribution in [-0.4, -0.2) is 15.9 Å². The van der Waals surface area contributed by atoms with E-state index in [9.17, 15) is 4.79 Å². The van der Waals surface area contributed by atoms with Crippen LogP contribution in [0.2, 0.25) is 0 Å². The molecule has 2 aromatic rings. The summed E-state index contributed by atoms with van der Waals surface area (Å²) in [6.45, 7) is 1.80. The van der Waals surface area contributed by atoms with E-state index in [1.54, 1.807) is 25.1 Å². The first-order valence-electron chi connectivity index (χ1n) is 5.41. The number of anilines is 1. The number of nitrogens with zero attached hydrogens (tertiary/aromatic N) is 3. The minimum Gasteiger partial charge on any atom is -0.319 e. The molecule has 0 bridgehead atoms. The van der Waals surface area contributed by atoms with E-state index in [1.807, 2.05) is 6.07 Å². The highest BCUT2D eigenvalue weighted by atomic mass is 79.9. The molecule has 0 radical (unpaired) electrons. The van der Waals surface area contributed by atoms with Gasteiger partial charge in [0.15, 0.2) is 0 Å². The molecule has 19 heavy (non-hydrogen) atoms. The van der Waals surface area contributed by atoms with Crippen molar-refractivity contribution in [1.29, 1.82) is 5.26 Å². The second-order valence-corrected chi connectivity index (χ2v) is 4.58. The van der Waals surface area contributed by atoms with E-state index in [0.717, 1.165) is 0 Å². The van der Waals surface area contributed by atoms with Crippen LogP contribution in [-0.2, 0) is 0 Å². The predicted molar refractivity (Wildman–Crippen MR) is 73.6 cm³/mol. The Morgan fingerprint density at radius 1 is 1.37 bits per heavy atom. The molecule has 0 aliphatic carbocycles. The van der Waals surface area contributed by atoms with Gasteiger partial charge in [0.25, 0.3) is 5.91 Å². The summed E-state index contributed by atoms with van der Waals surface area (Å²) in [5.74, 6) is -0.336. The van der Waals surface area contributed by atoms with Crippen LogP contribution in [0.25, 0.3) is 0 Å². The summed E-state index contributed by atoms with van der Waals surface area (Å²) in [5, 5.41) is 11.4. The van der Waals surface area contributed by atoms with Crippen molar-refractivity contribution < 1.29 is 4.79 Å². The van der Waals surface area contributed by atoms with Crippen LogP contribution in [0.3, 0.4) is 0 Å². The lowest BCUT2D eigenvalue weighted by atomic mass is 10.2. The van der Waals surface area contributed by atoms with E-state index < -0.39 is 0 Å². The molecule has 2 heterocycles. The Kier molecular flexibility index (Phi) is 3.88. The number of amides is 1. The van der Waals surface area contributed by atoms with Crippen LogP contribution in [0.5, 0.6) is 0 Å². The maximum atomic E-state index is 12.0. The van der Waals surface area contributed by atoms with E-state index in [2.05, 4.69) is 31.2 Å². The van der Waals surface area contributed by atoms with Gasteiger partial charge in [0, 0.05) is 6.20 Å². The number of halogens is 1. The van der Waals surface area contributed by atoms with Gasteiger partial charge in [-0.3, -0.25) is 4.79 Å². The largest absolute Gasteiger partial charge is 0.319 e. The highest BCUT2D eigenvalue weighted by Crippen LogP contribution is 2.16. The molecule has 0 saturated carbocycles. The number of carbonyl (C=O) groups is 1. The van der Waals surface area contributed by atoms with E-state index in [1.165, 1.54) is 12.3 Å². The second kappa shape index (κ2) is 5.59. The van der Waals surface area contributed by atoms with Gasteiger partial charge >= 0.3 is 0 Å². The molecule has 2 rings (SSSR count). The maximum Gasteiger partial charge on any atom is 0.274 e. The van der Waals surface area contributed by atoms with Crippen molar-refractivity contribution in [2.45, 2.75) is 6.92 Å². The van der Waals surface area contributed by atoms with Crippen LogP contribution in [0.15, 0.2) is 35.1 Å². The lowest BCUT2D eigenvalue weighted by Gasteiger charge is -2.07. The zero-order chi connectivity index (χ0) is 13.8. The fourth-order valence-electron chi connectivity index (χ4n) is 1.44. The van der Waals surface area contributed by atoms with Crippen molar-refractivity contribution in [2.24, 2.45) is 0 Å². The molecule has 0 spiro atoms. The van der Waals surface area contributed by atoms with Gasteiger partial charge in [-0.2, -0.15) is 5.26 Å². The van der Waals surface area contributed by atoms with E-state index in [-0.39, 0.29) is 11.6 Å². The Labute approximate surface area is 118 Å². The number of aryl methyl sites for hydroxylation is 1. The molecule has 0 unspecified atom stereocenters. The van der Waals surface area contributed by atoms with Gasteiger partial charge in [-0.15, -0.1) is 0 Å². The van der Waals surface area contributed by atoms with Crippen LogP contribution >= 0.6 is 15.9 Å². The van der Waals surface area contributed by atoms with Crippen LogP contribution in [0, 0.1) is 18.3 Å². The van der Waals surface area contributed by atoms with Gasteiger partial charge in [-0.25, -0.2) is 9.97 Å². The van der Waals surface area contributed by atoms with Crippen LogP contribution in [0.4, 0.5) is 5.69 Å². The molecule has 5 nitrogen and oxygen atoms in total. The number of pyridine rings is 2. The molecule has 0 aromatic carbocycles. The van der Waals surface area contributed by atoms with Crippen molar-refractivity contribution in [1.82, 2.24) is 9.97 Å². The van der Waals surface area contributed by atoms with Crippen LogP contribution in [0.1, 0.15) is 21.7 Å². The molecule has 0 aliphatic heterocycles. The average Bonchev–Trinajstić information content (AvgIpc) is 2.42. The highest BCUT2D eigenvalue weighted by molar-refractivity contribution is 9.10. The van der Waals surface area contributed by atoms with E-state index in [4.69, 9.17) is 5.26 Å². The number of nitriles is 1. The van der Waals surface area contributed by atoms with Gasteiger partial charge in [0.2, 0.25) is 0 Å². The van der Waals surface area contributed by atoms with Gasteiger partial charge in [-0.1, -0.05) is 0 Å². The summed E-state index contributed by atoms with van der Waals surface area (Å²) in [6, 6.07) is 8.51. The lowest BCUT2D eigenvalue weighted by Crippen LogP contribution is -2.14. The number of hydrogen-bond donors (Lipinski definition) is 1. The Balaban J connectivity index is 2.18. The van der Waals surface area contributed by atoms with Crippen molar-refractivity contribution in [3.8, 4) is 6.07 Å². The van der Waals surface area contributed by atoms with Gasteiger partial charge in [0.05, 0.1) is 16.9 Å². The Morgan fingerprint density at radius 2 is 2.16 bits per heavy atom. The molecule has 0 atom stereocenters. The first-order chi connectivity index (χ1) is 9.10. The van der Waals surface area contributed by atoms with Crippen molar-refractivity contribution >= 4 is 27.5 Å². The summed E-state index contributed by atoms with van der Waals surface area (Å²) in [4.78, 5) is 20.1. The molecule has 1 amide bonds. The summed E-state index contributed by atoms with van der Waals surface area (Å²) in [6.07, 6.45) is 1.36. The summed E-state index contributed by atoms with van der Waals surface area (Å²) < 4.78 is 0.708. The van der Waals surface area contributed by atoms with Gasteiger partial charge < -0.3 is 5.32 Å². The molecule has 1 N–H and O–H groups in total. The smallest absolute Gasteiger partial charge is 0.274 e. The van der Waals surface area contributed by atoms with Gasteiger partial charge in [-0.05, 0) is 47.1 Å². The first kappa shape index (κ1) is 13.2. The highest BCUT2D eigenvalue weighted by Gasteiger charge is 2.09. The third-order valence-corrected chi connectivity index (χ3v) is 2.87. The normalized spacial score (nSPS) is 9.74. The van der Waals surface area contributed by atoms with Crippen molar-refractivity contribution in [2.75, 3.05) is 5.32 Å². The summed E-state index contributed by atoms with van der Waals surface area (Å²) in [7, 11) is 0. The Hall–Kier alpha value is -2.26. The average molecular weight is 317 g/mol. The molecule has 6 heteroatoms. The number of carbonyl (C=O) groups excluding carboxylic acids is 1. The number of hydrogen-bond acceptors (Lipinski definition) is 4. The maximum absolute atomic E-state index is 12.0. The molecule has 2 aromatic heterocycles. The van der Waals surface area contributed by atoms with Crippen molar-refractivity contribution in [3.63, 3.8) is 0 Å². The molecule has 0 fully saturated rings. The summed E-state index contributed by atoms with van der Waals surface area (Å²) >= 11 is 3.26. The molecular formula is C13H9BrN4O. The third kappa shape index (κ3) is 3.14. The monoisotopic (exact) mass is 316 g/mol. The topological polar surface area (TPSA) is 78.7 Å². The molecule has 0 aliphatic rings. The zero-order valence-electron chi connectivity index (χ0n) is 10.0. The van der Waals surface area contributed by atoms with Crippen LogP contribution < -0.4 is 5.32 Å². The van der Waals surface area contributed by atoms with Crippen molar-refractivity contribution in [3.05, 3.63) is 52.0 Å². The fraction of sp³-hybridized carbons (Fsp3) is 0.0769. The Morgan fingerprint density at radius 3 is 2.74 bits per heavy atom. The molecule has 0 saturated heterocycles. The SMILES string of the molecule is Cc1nc(Br)ccc1NC(=O)c1ccc(C#N)cn1. The third-order valence-electron chi connectivity index (χ3n) is 2.43. The predicted octanol–water partition coefficient (Wildman–Crippen LogP) is 2.67. The minimum absolute atomic E-state index is 0.251. The molecular weight excluding hydrogens is 308 g/mol. The van der Waals surface area contributed by atoms with Gasteiger partial charge in [0.1, 0.15) is 16.4 Å². The minimum atomic E-state index is -0.336. The standard InChI is InChI=1S/C13H9BrN4O/c1-8-10(4-5-12(14)17-8)18-13(19)11-3-2-9(6-15)7-16-11/h2-5,7H,1H3,(H,18,19). The quantitative estimate of drug-likeness (QED) is 0.864. The fourth-order valence-corrected chi connectivity index (χ4v) is 1.84. The molecule has 94 valence electrons. The van der Waals surface area contributed by atoms with E-state index in [0.29, 0.717) is 21.5 Å². The lowest BCUT2D eigenvalue weighted by molar-refractivity contribution is 0.102. The number of nitrogens with one attached hydrogen (secondary N) is 1. The Bertz CT molecular complexity index is 661. The second-order valence-electron chi connectivity index (χ2n) is 3.76. The number of aromatic nitrogens is 2. The zero-order valence-corrected chi connectivity index (χ0v) is 11.6. The first-order valence-corrected chi connectivity index (χ1v) is 6.20. The van der Waals surface area contributed by atoms with E-state index >= 15 is 0 Å². The number of rotatable bonds is 2. The summed E-state index contributed by atoms with van der Waals surface area (Å²) in [5.41, 5.74) is 2.00.